The van der Waals surface area contributed by atoms with Crippen molar-refractivity contribution >= 4 is 5.91 Å². The van der Waals surface area contributed by atoms with Gasteiger partial charge in [-0.2, -0.15) is 13.2 Å². The molecule has 0 aliphatic carbocycles. The van der Waals surface area contributed by atoms with Crippen molar-refractivity contribution in [2.75, 3.05) is 20.3 Å². The monoisotopic (exact) mass is 291 g/mol. The minimum Gasteiger partial charge on any atom is -0.389 e. The molecule has 20 heavy (non-hydrogen) atoms. The highest BCUT2D eigenvalue weighted by molar-refractivity contribution is 5.78. The summed E-state index contributed by atoms with van der Waals surface area (Å²) < 4.78 is 42.2. The Balaban J connectivity index is 2.54. The lowest BCUT2D eigenvalue weighted by atomic mass is 10.1. The van der Waals surface area contributed by atoms with Crippen molar-refractivity contribution in [2.24, 2.45) is 0 Å². The summed E-state index contributed by atoms with van der Waals surface area (Å²) in [6.45, 7) is 0.0650. The summed E-state index contributed by atoms with van der Waals surface area (Å²) in [6.07, 6.45) is -5.45. The lowest BCUT2D eigenvalue weighted by Crippen LogP contribution is -2.35. The summed E-state index contributed by atoms with van der Waals surface area (Å²) >= 11 is 0. The first-order valence-corrected chi connectivity index (χ1v) is 5.92. The third kappa shape index (κ3) is 5.58. The molecule has 1 aromatic rings. The normalized spacial score (nSPS) is 13.1. The summed E-state index contributed by atoms with van der Waals surface area (Å²) in [5.74, 6) is -0.459. The quantitative estimate of drug-likeness (QED) is 0.832. The second-order valence-electron chi connectivity index (χ2n) is 4.29. The van der Waals surface area contributed by atoms with Crippen LogP contribution in [-0.4, -0.2) is 37.4 Å². The molecule has 1 unspecified atom stereocenters. The molecular weight excluding hydrogens is 275 g/mol. The van der Waals surface area contributed by atoms with Crippen LogP contribution in [0.1, 0.15) is 11.1 Å². The van der Waals surface area contributed by atoms with Gasteiger partial charge in [-0.05, 0) is 11.6 Å². The van der Waals surface area contributed by atoms with E-state index in [0.29, 0.717) is 0 Å². The molecule has 0 bridgehead atoms. The van der Waals surface area contributed by atoms with Gasteiger partial charge in [0, 0.05) is 13.7 Å². The summed E-state index contributed by atoms with van der Waals surface area (Å²) in [6, 6.07) is 4.58. The van der Waals surface area contributed by atoms with Gasteiger partial charge in [-0.3, -0.25) is 4.79 Å². The number of hydrogen-bond acceptors (Lipinski definition) is 3. The number of carbonyl (C=O) groups excluding carboxylic acids is 1. The minimum atomic E-state index is -4.43. The second-order valence-corrected chi connectivity index (χ2v) is 4.29. The van der Waals surface area contributed by atoms with Crippen LogP contribution in [0.2, 0.25) is 0 Å². The molecule has 2 N–H and O–H groups in total. The highest BCUT2D eigenvalue weighted by Crippen LogP contribution is 2.29. The number of aliphatic hydroxyl groups is 1. The number of alkyl halides is 3. The van der Waals surface area contributed by atoms with Crippen molar-refractivity contribution in [3.8, 4) is 0 Å². The van der Waals surface area contributed by atoms with Gasteiger partial charge in [-0.25, -0.2) is 0 Å². The van der Waals surface area contributed by atoms with Crippen molar-refractivity contribution < 1.29 is 27.8 Å². The Labute approximate surface area is 114 Å². The van der Waals surface area contributed by atoms with Gasteiger partial charge < -0.3 is 15.2 Å². The van der Waals surface area contributed by atoms with Crippen LogP contribution in [0.15, 0.2) is 24.3 Å². The molecule has 1 amide bonds. The number of hydrogen-bond donors (Lipinski definition) is 2. The Bertz CT molecular complexity index is 449. The standard InChI is InChI=1S/C13H16F3NO3/c1-20-8-11(18)7-17-12(19)6-9-3-2-4-10(5-9)13(14,15)16/h2-5,11,18H,6-8H2,1H3,(H,17,19). The summed E-state index contributed by atoms with van der Waals surface area (Å²) in [5.41, 5.74) is -0.527. The average Bonchev–Trinajstić information content (AvgIpc) is 2.36. The molecule has 1 atom stereocenters. The van der Waals surface area contributed by atoms with Gasteiger partial charge in [-0.1, -0.05) is 18.2 Å². The van der Waals surface area contributed by atoms with E-state index in [4.69, 9.17) is 0 Å². The van der Waals surface area contributed by atoms with Gasteiger partial charge in [0.1, 0.15) is 0 Å². The Kier molecular flexibility index (Phi) is 5.97. The Morgan fingerprint density at radius 3 is 2.75 bits per heavy atom. The van der Waals surface area contributed by atoms with Crippen LogP contribution in [0, 0.1) is 0 Å². The zero-order valence-corrected chi connectivity index (χ0v) is 10.9. The van der Waals surface area contributed by atoms with Crippen LogP contribution in [0.5, 0.6) is 0 Å². The number of rotatable bonds is 6. The molecule has 1 aromatic carbocycles. The first kappa shape index (κ1) is 16.5. The molecule has 0 aromatic heterocycles. The fourth-order valence-electron chi connectivity index (χ4n) is 1.59. The maximum Gasteiger partial charge on any atom is 0.416 e. The van der Waals surface area contributed by atoms with Crippen molar-refractivity contribution in [1.29, 1.82) is 0 Å². The predicted octanol–water partition coefficient (Wildman–Crippen LogP) is 1.37. The van der Waals surface area contributed by atoms with Gasteiger partial charge in [0.05, 0.1) is 24.7 Å². The molecule has 0 aliphatic rings. The van der Waals surface area contributed by atoms with Crippen LogP contribution >= 0.6 is 0 Å². The third-order valence-electron chi connectivity index (χ3n) is 2.51. The molecular formula is C13H16F3NO3. The highest BCUT2D eigenvalue weighted by atomic mass is 19.4. The molecule has 112 valence electrons. The molecule has 0 saturated carbocycles. The van der Waals surface area contributed by atoms with Crippen LogP contribution in [0.25, 0.3) is 0 Å². The van der Waals surface area contributed by atoms with E-state index in [2.05, 4.69) is 10.1 Å². The topological polar surface area (TPSA) is 58.6 Å². The maximum absolute atomic E-state index is 12.5. The second kappa shape index (κ2) is 7.25. The fraction of sp³-hybridized carbons (Fsp3) is 0.462. The zero-order valence-electron chi connectivity index (χ0n) is 10.9. The van der Waals surface area contributed by atoms with E-state index in [9.17, 15) is 23.1 Å². The van der Waals surface area contributed by atoms with Crippen molar-refractivity contribution in [3.05, 3.63) is 35.4 Å². The van der Waals surface area contributed by atoms with E-state index in [0.717, 1.165) is 12.1 Å². The molecule has 0 saturated heterocycles. The maximum atomic E-state index is 12.5. The van der Waals surface area contributed by atoms with Crippen LogP contribution in [-0.2, 0) is 22.1 Å². The number of halogens is 3. The zero-order chi connectivity index (χ0) is 15.2. The minimum absolute atomic E-state index is 0.00830. The van der Waals surface area contributed by atoms with Crippen molar-refractivity contribution in [1.82, 2.24) is 5.32 Å². The van der Waals surface area contributed by atoms with E-state index >= 15 is 0 Å². The van der Waals surface area contributed by atoms with E-state index in [1.807, 2.05) is 0 Å². The SMILES string of the molecule is COCC(O)CNC(=O)Cc1cccc(C(F)(F)F)c1. The van der Waals surface area contributed by atoms with Crippen LogP contribution in [0.4, 0.5) is 13.2 Å². The van der Waals surface area contributed by atoms with Gasteiger partial charge >= 0.3 is 6.18 Å². The lowest BCUT2D eigenvalue weighted by molar-refractivity contribution is -0.137. The first-order chi connectivity index (χ1) is 9.32. The largest absolute Gasteiger partial charge is 0.416 e. The van der Waals surface area contributed by atoms with Gasteiger partial charge in [-0.15, -0.1) is 0 Å². The number of amides is 1. The van der Waals surface area contributed by atoms with Crippen LogP contribution in [0.3, 0.4) is 0 Å². The average molecular weight is 291 g/mol. The lowest BCUT2D eigenvalue weighted by Gasteiger charge is -2.11. The molecule has 0 aliphatic heterocycles. The molecule has 4 nitrogen and oxygen atoms in total. The Morgan fingerprint density at radius 1 is 1.45 bits per heavy atom. The summed E-state index contributed by atoms with van der Waals surface area (Å²) in [7, 11) is 1.41. The third-order valence-corrected chi connectivity index (χ3v) is 2.51. The van der Waals surface area contributed by atoms with E-state index in [1.54, 1.807) is 0 Å². The van der Waals surface area contributed by atoms with E-state index in [-0.39, 0.29) is 25.1 Å². The highest BCUT2D eigenvalue weighted by Gasteiger charge is 2.30. The Hall–Kier alpha value is -1.60. The number of ether oxygens (including phenoxy) is 1. The summed E-state index contributed by atoms with van der Waals surface area (Å²) in [4.78, 5) is 11.5. The number of methoxy groups -OCH3 is 1. The van der Waals surface area contributed by atoms with Gasteiger partial charge in [0.2, 0.25) is 5.91 Å². The molecule has 7 heteroatoms. The molecule has 0 fully saturated rings. The van der Waals surface area contributed by atoms with E-state index < -0.39 is 23.8 Å². The number of benzene rings is 1. The fourth-order valence-corrected chi connectivity index (χ4v) is 1.59. The number of aliphatic hydroxyl groups excluding tert-OH is 1. The molecule has 0 spiro atoms. The Morgan fingerprint density at radius 2 is 2.15 bits per heavy atom. The molecule has 0 heterocycles. The van der Waals surface area contributed by atoms with Crippen LogP contribution < -0.4 is 5.32 Å². The molecule has 0 radical (unpaired) electrons. The first-order valence-electron chi connectivity index (χ1n) is 5.92. The van der Waals surface area contributed by atoms with Gasteiger partial charge in [0.25, 0.3) is 0 Å². The summed E-state index contributed by atoms with van der Waals surface area (Å²) in [5, 5.41) is 11.8. The van der Waals surface area contributed by atoms with Gasteiger partial charge in [0.15, 0.2) is 0 Å². The van der Waals surface area contributed by atoms with Crippen molar-refractivity contribution in [2.45, 2.75) is 18.7 Å². The number of carbonyl (C=O) groups is 1. The van der Waals surface area contributed by atoms with E-state index in [1.165, 1.54) is 19.2 Å². The number of nitrogens with one attached hydrogen (secondary N) is 1. The molecule has 1 rings (SSSR count). The smallest absolute Gasteiger partial charge is 0.389 e. The van der Waals surface area contributed by atoms with Crippen molar-refractivity contribution in [3.63, 3.8) is 0 Å². The predicted molar refractivity (Wildman–Crippen MR) is 66.0 cm³/mol.